The number of nitrogens with two attached hydrogens (primary N) is 1. The lowest BCUT2D eigenvalue weighted by Crippen LogP contribution is -2.26. The molecule has 0 atom stereocenters. The van der Waals surface area contributed by atoms with Crippen molar-refractivity contribution < 1.29 is 14.0 Å². The lowest BCUT2D eigenvalue weighted by Gasteiger charge is -2.11. The van der Waals surface area contributed by atoms with Gasteiger partial charge in [0, 0.05) is 23.2 Å². The molecule has 6 nitrogen and oxygen atoms in total. The molecule has 0 unspecified atom stereocenters. The van der Waals surface area contributed by atoms with Gasteiger partial charge in [0.05, 0.1) is 16.8 Å². The van der Waals surface area contributed by atoms with Gasteiger partial charge in [0.2, 0.25) is 5.91 Å². The minimum absolute atomic E-state index is 0.238. The number of carbonyl (C=O) groups is 2. The van der Waals surface area contributed by atoms with E-state index in [9.17, 15) is 14.0 Å². The third kappa shape index (κ3) is 4.22. The summed E-state index contributed by atoms with van der Waals surface area (Å²) in [7, 11) is 0. The number of fused-ring (bicyclic) bond motifs is 1. The zero-order chi connectivity index (χ0) is 23.7. The highest BCUT2D eigenvalue weighted by Gasteiger charge is 2.17. The molecule has 7 heteroatoms. The molecule has 0 aliphatic carbocycles. The molecule has 0 aliphatic heterocycles. The summed E-state index contributed by atoms with van der Waals surface area (Å²) in [5.74, 6) is -1.16. The highest BCUT2D eigenvalue weighted by Crippen LogP contribution is 2.28. The Labute approximate surface area is 191 Å². The van der Waals surface area contributed by atoms with Gasteiger partial charge < -0.3 is 16.0 Å². The van der Waals surface area contributed by atoms with Crippen molar-refractivity contribution in [2.45, 2.75) is 27.2 Å². The lowest BCUT2D eigenvalue weighted by atomic mass is 9.98. The first-order valence-electron chi connectivity index (χ1n) is 10.7. The number of hydrogen-bond donors (Lipinski definition) is 3. The Morgan fingerprint density at radius 1 is 1.03 bits per heavy atom. The number of carbonyl (C=O) groups excluding carboxylic acids is 2. The third-order valence-electron chi connectivity index (χ3n) is 5.87. The average molecular weight is 445 g/mol. The monoisotopic (exact) mass is 444 g/mol. The number of nitrogens with one attached hydrogen (secondary N) is 2. The smallest absolute Gasteiger partial charge is 0.269 e. The molecule has 0 aliphatic rings. The number of hydrogen-bond acceptors (Lipinski definition) is 3. The fourth-order valence-electron chi connectivity index (χ4n) is 4.27. The topological polar surface area (TPSA) is 101 Å². The summed E-state index contributed by atoms with van der Waals surface area (Å²) < 4.78 is 14.2. The molecule has 2 heterocycles. The van der Waals surface area contributed by atoms with Gasteiger partial charge in [0.15, 0.2) is 0 Å². The van der Waals surface area contributed by atoms with E-state index in [1.807, 2.05) is 19.9 Å². The van der Waals surface area contributed by atoms with Crippen LogP contribution in [0.5, 0.6) is 0 Å². The summed E-state index contributed by atoms with van der Waals surface area (Å²) in [6.45, 7) is 6.02. The van der Waals surface area contributed by atoms with Crippen molar-refractivity contribution in [3.05, 3.63) is 88.0 Å². The fourth-order valence-corrected chi connectivity index (χ4v) is 4.27. The average Bonchev–Trinajstić information content (AvgIpc) is 3.13. The molecule has 0 saturated heterocycles. The Kier molecular flexibility index (Phi) is 5.96. The Bertz CT molecular complexity index is 1390. The first-order chi connectivity index (χ1) is 15.8. The summed E-state index contributed by atoms with van der Waals surface area (Å²) in [6.07, 6.45) is 0.547. The predicted molar refractivity (Wildman–Crippen MR) is 127 cm³/mol. The Morgan fingerprint density at radius 3 is 2.55 bits per heavy atom. The highest BCUT2D eigenvalue weighted by atomic mass is 19.1. The minimum atomic E-state index is -0.541. The van der Waals surface area contributed by atoms with Crippen LogP contribution in [0.4, 0.5) is 4.39 Å². The molecule has 2 amide bonds. The van der Waals surface area contributed by atoms with Crippen LogP contribution in [0.25, 0.3) is 22.2 Å². The Morgan fingerprint density at radius 2 is 1.79 bits per heavy atom. The van der Waals surface area contributed by atoms with Crippen molar-refractivity contribution in [2.75, 3.05) is 6.54 Å². The van der Waals surface area contributed by atoms with Crippen LogP contribution in [-0.2, 0) is 6.42 Å². The molecule has 4 aromatic rings. The van der Waals surface area contributed by atoms with Crippen molar-refractivity contribution in [2.24, 2.45) is 5.73 Å². The predicted octanol–water partition coefficient (Wildman–Crippen LogP) is 4.37. The van der Waals surface area contributed by atoms with Crippen molar-refractivity contribution in [3.63, 3.8) is 0 Å². The number of aromatic amines is 1. The molecule has 33 heavy (non-hydrogen) atoms. The number of pyridine rings is 1. The van der Waals surface area contributed by atoms with Gasteiger partial charge in [-0.2, -0.15) is 0 Å². The summed E-state index contributed by atoms with van der Waals surface area (Å²) >= 11 is 0. The molecule has 4 N–H and O–H groups in total. The molecular formula is C26H25FN4O2. The van der Waals surface area contributed by atoms with E-state index in [0.29, 0.717) is 35.3 Å². The third-order valence-corrected chi connectivity index (χ3v) is 5.87. The van der Waals surface area contributed by atoms with Crippen LogP contribution >= 0.6 is 0 Å². The normalized spacial score (nSPS) is 11.0. The number of halogens is 1. The van der Waals surface area contributed by atoms with Gasteiger partial charge in [-0.15, -0.1) is 0 Å². The molecule has 0 bridgehead atoms. The van der Waals surface area contributed by atoms with Crippen LogP contribution in [0.2, 0.25) is 0 Å². The molecule has 4 rings (SSSR count). The SMILES string of the molecule is Cc1cccc(-c2cccc(C(=O)NCCc3c(C)[nH]c4c(F)ccc(C)c34)n2)c1C(N)=O. The van der Waals surface area contributed by atoms with Crippen LogP contribution in [-0.4, -0.2) is 28.3 Å². The van der Waals surface area contributed by atoms with Gasteiger partial charge in [-0.3, -0.25) is 9.59 Å². The van der Waals surface area contributed by atoms with Crippen LogP contribution in [0.15, 0.2) is 48.5 Å². The standard InChI is InChI=1S/C26H25FN4O2/c1-14-6-4-7-18(23(14)25(28)32)20-8-5-9-21(31-20)26(33)29-13-12-17-16(3)30-24-19(27)11-10-15(2)22(17)24/h4-11,30H,12-13H2,1-3H3,(H2,28,32)(H,29,33). The van der Waals surface area contributed by atoms with Crippen LogP contribution in [0, 0.1) is 26.6 Å². The second-order valence-corrected chi connectivity index (χ2v) is 8.12. The molecule has 0 radical (unpaired) electrons. The lowest BCUT2D eigenvalue weighted by molar-refractivity contribution is 0.0948. The number of benzene rings is 2. The number of primary amides is 1. The number of nitrogens with zero attached hydrogens (tertiary/aromatic N) is 1. The van der Waals surface area contributed by atoms with Gasteiger partial charge in [-0.1, -0.05) is 30.3 Å². The maximum absolute atomic E-state index is 14.2. The van der Waals surface area contributed by atoms with Gasteiger partial charge in [0.25, 0.3) is 5.91 Å². The maximum atomic E-state index is 14.2. The van der Waals surface area contributed by atoms with E-state index in [1.54, 1.807) is 43.3 Å². The summed E-state index contributed by atoms with van der Waals surface area (Å²) in [6, 6.07) is 13.7. The largest absolute Gasteiger partial charge is 0.366 e. The maximum Gasteiger partial charge on any atom is 0.269 e. The number of aryl methyl sites for hydroxylation is 3. The molecule has 2 aromatic carbocycles. The van der Waals surface area contributed by atoms with Crippen LogP contribution in [0.1, 0.15) is 43.2 Å². The van der Waals surface area contributed by atoms with E-state index < -0.39 is 5.91 Å². The van der Waals surface area contributed by atoms with Crippen LogP contribution in [0.3, 0.4) is 0 Å². The number of H-pyrrole nitrogens is 1. The first-order valence-corrected chi connectivity index (χ1v) is 10.7. The van der Waals surface area contributed by atoms with E-state index in [-0.39, 0.29) is 17.4 Å². The van der Waals surface area contributed by atoms with Gasteiger partial charge in [-0.05, 0) is 62.1 Å². The number of amides is 2. The number of aromatic nitrogens is 2. The molecule has 0 saturated carbocycles. The molecule has 2 aromatic heterocycles. The zero-order valence-electron chi connectivity index (χ0n) is 18.8. The van der Waals surface area contributed by atoms with Crippen LogP contribution < -0.4 is 11.1 Å². The second-order valence-electron chi connectivity index (χ2n) is 8.12. The highest BCUT2D eigenvalue weighted by molar-refractivity contribution is 6.01. The second kappa shape index (κ2) is 8.86. The van der Waals surface area contributed by atoms with Crippen molar-refractivity contribution in [1.29, 1.82) is 0 Å². The Balaban J connectivity index is 1.53. The molecule has 0 fully saturated rings. The van der Waals surface area contributed by atoms with E-state index >= 15 is 0 Å². The van der Waals surface area contributed by atoms with E-state index in [1.165, 1.54) is 6.07 Å². The van der Waals surface area contributed by atoms with Crippen molar-refractivity contribution in [3.8, 4) is 11.3 Å². The van der Waals surface area contributed by atoms with Crippen molar-refractivity contribution >= 4 is 22.7 Å². The summed E-state index contributed by atoms with van der Waals surface area (Å²) in [5, 5.41) is 3.75. The molecular weight excluding hydrogens is 419 g/mol. The van der Waals surface area contributed by atoms with E-state index in [4.69, 9.17) is 5.73 Å². The first kappa shape index (κ1) is 22.2. The summed E-state index contributed by atoms with van der Waals surface area (Å²) in [5.41, 5.74) is 11.4. The van der Waals surface area contributed by atoms with Gasteiger partial charge in [0.1, 0.15) is 11.5 Å². The molecule has 0 spiro atoms. The van der Waals surface area contributed by atoms with Gasteiger partial charge in [-0.25, -0.2) is 9.37 Å². The van der Waals surface area contributed by atoms with Crippen molar-refractivity contribution in [1.82, 2.24) is 15.3 Å². The Hall–Kier alpha value is -4.00. The van der Waals surface area contributed by atoms with Gasteiger partial charge >= 0.3 is 0 Å². The van der Waals surface area contributed by atoms with E-state index in [0.717, 1.165) is 27.8 Å². The number of rotatable bonds is 6. The fraction of sp³-hybridized carbons (Fsp3) is 0.192. The van der Waals surface area contributed by atoms with E-state index in [2.05, 4.69) is 15.3 Å². The summed E-state index contributed by atoms with van der Waals surface area (Å²) in [4.78, 5) is 32.3. The quantitative estimate of drug-likeness (QED) is 0.412. The minimum Gasteiger partial charge on any atom is -0.366 e. The molecule has 168 valence electrons. The zero-order valence-corrected chi connectivity index (χ0v) is 18.8.